The fraction of sp³-hybridized carbons (Fsp3) is 0.875. The van der Waals surface area contributed by atoms with Gasteiger partial charge in [0.2, 0.25) is 5.91 Å². The summed E-state index contributed by atoms with van der Waals surface area (Å²) in [6.45, 7) is 2.22. The third-order valence-electron chi connectivity index (χ3n) is 2.02. The molecule has 6 heteroatoms. The van der Waals surface area contributed by atoms with Crippen LogP contribution in [0.5, 0.6) is 0 Å². The van der Waals surface area contributed by atoms with Gasteiger partial charge >= 0.3 is 6.18 Å². The number of rotatable bonds is 4. The molecule has 14 heavy (non-hydrogen) atoms. The molecule has 84 valence electrons. The zero-order chi connectivity index (χ0) is 11.4. The van der Waals surface area contributed by atoms with E-state index in [0.717, 1.165) is 0 Å². The molecule has 0 aliphatic carbocycles. The number of hydrogen-bond acceptors (Lipinski definition) is 2. The molecule has 0 aliphatic heterocycles. The number of carbonyl (C=O) groups is 1. The van der Waals surface area contributed by atoms with Gasteiger partial charge in [-0.15, -0.1) is 0 Å². The molecule has 0 aromatic rings. The van der Waals surface area contributed by atoms with E-state index in [-0.39, 0.29) is 5.92 Å². The SMILES string of the molecule is CCC(C)C(N)C(=O)NCC(F)(F)F. The van der Waals surface area contributed by atoms with Gasteiger partial charge in [0.25, 0.3) is 0 Å². The quantitative estimate of drug-likeness (QED) is 0.731. The summed E-state index contributed by atoms with van der Waals surface area (Å²) in [5, 5.41) is 1.75. The first-order valence-electron chi connectivity index (χ1n) is 4.38. The van der Waals surface area contributed by atoms with Gasteiger partial charge in [0.05, 0.1) is 6.04 Å². The van der Waals surface area contributed by atoms with Crippen LogP contribution in [0.2, 0.25) is 0 Å². The molecule has 0 aliphatic rings. The normalized spacial score (nSPS) is 16.1. The summed E-state index contributed by atoms with van der Waals surface area (Å²) in [5.74, 6) is -0.875. The zero-order valence-corrected chi connectivity index (χ0v) is 8.19. The van der Waals surface area contributed by atoms with E-state index in [2.05, 4.69) is 0 Å². The summed E-state index contributed by atoms with van der Waals surface area (Å²) in [5.41, 5.74) is 5.42. The number of alkyl halides is 3. The summed E-state index contributed by atoms with van der Waals surface area (Å²) in [4.78, 5) is 11.1. The number of nitrogens with two attached hydrogens (primary N) is 1. The van der Waals surface area contributed by atoms with Gasteiger partial charge in [0.15, 0.2) is 0 Å². The number of nitrogens with one attached hydrogen (secondary N) is 1. The van der Waals surface area contributed by atoms with E-state index >= 15 is 0 Å². The second kappa shape index (κ2) is 5.19. The molecule has 0 rings (SSSR count). The Bertz CT molecular complexity index is 194. The number of amides is 1. The van der Waals surface area contributed by atoms with Gasteiger partial charge < -0.3 is 11.1 Å². The fourth-order valence-corrected chi connectivity index (χ4v) is 0.818. The van der Waals surface area contributed by atoms with Crippen LogP contribution in [0, 0.1) is 5.92 Å². The van der Waals surface area contributed by atoms with Crippen molar-refractivity contribution in [2.45, 2.75) is 32.5 Å². The van der Waals surface area contributed by atoms with Crippen LogP contribution in [0.4, 0.5) is 13.2 Å². The van der Waals surface area contributed by atoms with Gasteiger partial charge in [-0.05, 0) is 5.92 Å². The molecule has 0 radical (unpaired) electrons. The first kappa shape index (κ1) is 13.2. The Labute approximate surface area is 80.8 Å². The van der Waals surface area contributed by atoms with Crippen molar-refractivity contribution in [1.29, 1.82) is 0 Å². The third kappa shape index (κ3) is 5.06. The van der Waals surface area contributed by atoms with E-state index in [1.54, 1.807) is 12.2 Å². The maximum Gasteiger partial charge on any atom is 0.405 e. The summed E-state index contributed by atoms with van der Waals surface area (Å²) in [6.07, 6.45) is -3.73. The smallest absolute Gasteiger partial charge is 0.346 e. The topological polar surface area (TPSA) is 55.1 Å². The minimum atomic E-state index is -4.38. The van der Waals surface area contributed by atoms with Crippen molar-refractivity contribution in [2.75, 3.05) is 6.54 Å². The van der Waals surface area contributed by atoms with Crippen LogP contribution in [0.1, 0.15) is 20.3 Å². The van der Waals surface area contributed by atoms with Crippen LogP contribution < -0.4 is 11.1 Å². The molecule has 0 saturated heterocycles. The molecule has 0 bridgehead atoms. The minimum Gasteiger partial charge on any atom is -0.346 e. The molecule has 3 N–H and O–H groups in total. The predicted octanol–water partition coefficient (Wildman–Crippen LogP) is 1.04. The van der Waals surface area contributed by atoms with E-state index in [1.807, 2.05) is 6.92 Å². The van der Waals surface area contributed by atoms with E-state index in [4.69, 9.17) is 5.73 Å². The van der Waals surface area contributed by atoms with Crippen molar-refractivity contribution < 1.29 is 18.0 Å². The van der Waals surface area contributed by atoms with Gasteiger partial charge in [-0.1, -0.05) is 20.3 Å². The van der Waals surface area contributed by atoms with Crippen molar-refractivity contribution in [3.63, 3.8) is 0 Å². The predicted molar refractivity (Wildman–Crippen MR) is 46.5 cm³/mol. The lowest BCUT2D eigenvalue weighted by atomic mass is 9.99. The van der Waals surface area contributed by atoms with Gasteiger partial charge in [0, 0.05) is 0 Å². The lowest BCUT2D eigenvalue weighted by Gasteiger charge is -2.18. The summed E-state index contributed by atoms with van der Waals surface area (Å²) in [6, 6.07) is -0.873. The van der Waals surface area contributed by atoms with Crippen molar-refractivity contribution in [1.82, 2.24) is 5.32 Å². The molecule has 0 spiro atoms. The standard InChI is InChI=1S/C8H15F3N2O/c1-3-5(2)6(12)7(14)13-4-8(9,10)11/h5-6H,3-4,12H2,1-2H3,(H,13,14). The average molecular weight is 212 g/mol. The summed E-state index contributed by atoms with van der Waals surface area (Å²) < 4.78 is 35.1. The van der Waals surface area contributed by atoms with Crippen molar-refractivity contribution in [2.24, 2.45) is 11.7 Å². The average Bonchev–Trinajstić information content (AvgIpc) is 2.10. The van der Waals surface area contributed by atoms with Gasteiger partial charge in [-0.3, -0.25) is 4.79 Å². The van der Waals surface area contributed by atoms with Crippen LogP contribution in [0.15, 0.2) is 0 Å². The Morgan fingerprint density at radius 3 is 2.36 bits per heavy atom. The second-order valence-electron chi connectivity index (χ2n) is 3.24. The number of halogens is 3. The lowest BCUT2D eigenvalue weighted by molar-refractivity contribution is -0.139. The number of hydrogen-bond donors (Lipinski definition) is 2. The van der Waals surface area contributed by atoms with Crippen molar-refractivity contribution in [3.8, 4) is 0 Å². The first-order chi connectivity index (χ1) is 6.28. The minimum absolute atomic E-state index is 0.122. The van der Waals surface area contributed by atoms with Crippen molar-refractivity contribution in [3.05, 3.63) is 0 Å². The molecule has 0 saturated carbocycles. The Morgan fingerprint density at radius 1 is 1.50 bits per heavy atom. The molecule has 1 amide bonds. The highest BCUT2D eigenvalue weighted by atomic mass is 19.4. The Hall–Kier alpha value is -0.780. The molecule has 0 aromatic carbocycles. The van der Waals surface area contributed by atoms with Crippen LogP contribution >= 0.6 is 0 Å². The molecule has 0 fully saturated rings. The van der Waals surface area contributed by atoms with Crippen LogP contribution in [-0.4, -0.2) is 24.7 Å². The van der Waals surface area contributed by atoms with E-state index in [0.29, 0.717) is 6.42 Å². The largest absolute Gasteiger partial charge is 0.405 e. The highest BCUT2D eigenvalue weighted by Crippen LogP contribution is 2.12. The second-order valence-corrected chi connectivity index (χ2v) is 3.24. The molecule has 2 unspecified atom stereocenters. The van der Waals surface area contributed by atoms with E-state index in [1.165, 1.54) is 0 Å². The van der Waals surface area contributed by atoms with Crippen LogP contribution in [-0.2, 0) is 4.79 Å². The Kier molecular flexibility index (Phi) is 4.90. The van der Waals surface area contributed by atoms with E-state index < -0.39 is 24.7 Å². The van der Waals surface area contributed by atoms with Crippen LogP contribution in [0.3, 0.4) is 0 Å². The Morgan fingerprint density at radius 2 is 2.00 bits per heavy atom. The van der Waals surface area contributed by atoms with E-state index in [9.17, 15) is 18.0 Å². The summed E-state index contributed by atoms with van der Waals surface area (Å²) in [7, 11) is 0. The molecule has 0 heterocycles. The van der Waals surface area contributed by atoms with Crippen molar-refractivity contribution >= 4 is 5.91 Å². The van der Waals surface area contributed by atoms with Gasteiger partial charge in [0.1, 0.15) is 6.54 Å². The summed E-state index contributed by atoms with van der Waals surface area (Å²) >= 11 is 0. The maximum atomic E-state index is 11.7. The molecule has 0 aromatic heterocycles. The highest BCUT2D eigenvalue weighted by molar-refractivity contribution is 5.81. The van der Waals surface area contributed by atoms with Gasteiger partial charge in [-0.25, -0.2) is 0 Å². The Balaban J connectivity index is 3.97. The highest BCUT2D eigenvalue weighted by Gasteiger charge is 2.29. The molecule has 2 atom stereocenters. The lowest BCUT2D eigenvalue weighted by Crippen LogP contribution is -2.47. The fourth-order valence-electron chi connectivity index (χ4n) is 0.818. The van der Waals surface area contributed by atoms with Crippen LogP contribution in [0.25, 0.3) is 0 Å². The molecular weight excluding hydrogens is 197 g/mol. The molecule has 3 nitrogen and oxygen atoms in total. The maximum absolute atomic E-state index is 11.7. The molecular formula is C8H15F3N2O. The third-order valence-corrected chi connectivity index (χ3v) is 2.02. The van der Waals surface area contributed by atoms with Gasteiger partial charge in [-0.2, -0.15) is 13.2 Å². The number of carbonyl (C=O) groups excluding carboxylic acids is 1. The monoisotopic (exact) mass is 212 g/mol. The zero-order valence-electron chi connectivity index (χ0n) is 8.19. The first-order valence-corrected chi connectivity index (χ1v) is 4.38.